The summed E-state index contributed by atoms with van der Waals surface area (Å²) in [4.78, 5) is 20.3. The molecule has 126 valence electrons. The first-order valence-corrected chi connectivity index (χ1v) is 8.12. The van der Waals surface area contributed by atoms with Crippen molar-refractivity contribution in [3.8, 4) is 0 Å². The van der Waals surface area contributed by atoms with Gasteiger partial charge in [-0.25, -0.2) is 9.67 Å². The van der Waals surface area contributed by atoms with Crippen LogP contribution in [0.1, 0.15) is 38.6 Å². The van der Waals surface area contributed by atoms with E-state index in [1.807, 2.05) is 24.3 Å². The Hall–Kier alpha value is -2.77. The lowest BCUT2D eigenvalue weighted by atomic mass is 9.98. The molecule has 3 aromatic rings. The number of para-hydroxylation sites is 2. The van der Waals surface area contributed by atoms with Crippen LogP contribution in [0, 0.1) is 5.92 Å². The molecule has 0 saturated carbocycles. The monoisotopic (exact) mass is 327 g/mol. The first kappa shape index (κ1) is 16.1. The fourth-order valence-electron chi connectivity index (χ4n) is 2.58. The minimum absolute atomic E-state index is 0.0451. The Labute approximate surface area is 139 Å². The molecule has 0 saturated heterocycles. The lowest BCUT2D eigenvalue weighted by Crippen LogP contribution is -2.33. The van der Waals surface area contributed by atoms with Gasteiger partial charge < -0.3 is 10.3 Å². The summed E-state index contributed by atoms with van der Waals surface area (Å²) >= 11 is 0. The quantitative estimate of drug-likeness (QED) is 0.689. The summed E-state index contributed by atoms with van der Waals surface area (Å²) in [7, 11) is 0. The maximum atomic E-state index is 12.3. The van der Waals surface area contributed by atoms with E-state index in [1.165, 1.54) is 6.33 Å². The van der Waals surface area contributed by atoms with Crippen LogP contribution in [0.25, 0.3) is 11.0 Å². The Kier molecular flexibility index (Phi) is 4.83. The van der Waals surface area contributed by atoms with E-state index in [9.17, 15) is 4.79 Å². The normalized spacial score (nSPS) is 13.8. The van der Waals surface area contributed by atoms with Crippen LogP contribution in [0.15, 0.2) is 30.6 Å². The molecule has 1 aromatic carbocycles. The average molecular weight is 327 g/mol. The lowest BCUT2D eigenvalue weighted by Gasteiger charge is -2.22. The number of aromatic nitrogens is 6. The van der Waals surface area contributed by atoms with E-state index < -0.39 is 0 Å². The Bertz CT molecular complexity index is 763. The van der Waals surface area contributed by atoms with Crippen LogP contribution in [0.4, 0.5) is 0 Å². The third kappa shape index (κ3) is 3.58. The molecule has 0 fully saturated rings. The number of fused-ring (bicyclic) bond motifs is 1. The number of imidazole rings is 1. The van der Waals surface area contributed by atoms with Crippen LogP contribution in [0.3, 0.4) is 0 Å². The van der Waals surface area contributed by atoms with Gasteiger partial charge in [0.2, 0.25) is 5.91 Å². The number of carbonyl (C=O) groups is 1. The van der Waals surface area contributed by atoms with Gasteiger partial charge in [0, 0.05) is 6.42 Å². The second-order valence-corrected chi connectivity index (χ2v) is 5.89. The predicted molar refractivity (Wildman–Crippen MR) is 88.9 cm³/mol. The first-order valence-electron chi connectivity index (χ1n) is 8.12. The average Bonchev–Trinajstić information content (AvgIpc) is 3.26. The van der Waals surface area contributed by atoms with Crippen LogP contribution < -0.4 is 5.32 Å². The topological polar surface area (TPSA) is 101 Å². The van der Waals surface area contributed by atoms with Crippen LogP contribution in [0.2, 0.25) is 0 Å². The number of tetrazole rings is 1. The molecule has 2 aromatic heterocycles. The molecule has 0 spiro atoms. The molecule has 8 nitrogen and oxygen atoms in total. The van der Waals surface area contributed by atoms with Crippen molar-refractivity contribution in [1.29, 1.82) is 0 Å². The second-order valence-electron chi connectivity index (χ2n) is 5.89. The molecule has 0 aliphatic carbocycles. The number of hydrogen-bond donors (Lipinski definition) is 2. The molecular weight excluding hydrogens is 306 g/mol. The zero-order valence-corrected chi connectivity index (χ0v) is 13.8. The number of aromatic amines is 1. The Morgan fingerprint density at radius 3 is 2.92 bits per heavy atom. The summed E-state index contributed by atoms with van der Waals surface area (Å²) in [5.41, 5.74) is 1.88. The van der Waals surface area contributed by atoms with Crippen LogP contribution in [-0.2, 0) is 11.3 Å². The van der Waals surface area contributed by atoms with E-state index in [4.69, 9.17) is 0 Å². The van der Waals surface area contributed by atoms with Crippen LogP contribution in [0.5, 0.6) is 0 Å². The van der Waals surface area contributed by atoms with Crippen LogP contribution >= 0.6 is 0 Å². The number of carbonyl (C=O) groups excluding carboxylic acids is 1. The van der Waals surface area contributed by atoms with E-state index in [0.717, 1.165) is 23.3 Å². The van der Waals surface area contributed by atoms with Gasteiger partial charge in [-0.2, -0.15) is 0 Å². The third-order valence-electron chi connectivity index (χ3n) is 4.19. The van der Waals surface area contributed by atoms with Crippen molar-refractivity contribution in [3.05, 3.63) is 36.4 Å². The highest BCUT2D eigenvalue weighted by Gasteiger charge is 2.23. The molecule has 0 radical (unpaired) electrons. The maximum absolute atomic E-state index is 12.3. The molecule has 2 atom stereocenters. The van der Waals surface area contributed by atoms with Gasteiger partial charge in [-0.3, -0.25) is 4.79 Å². The highest BCUT2D eigenvalue weighted by molar-refractivity contribution is 5.77. The zero-order valence-electron chi connectivity index (χ0n) is 13.8. The molecule has 3 rings (SSSR count). The summed E-state index contributed by atoms with van der Waals surface area (Å²) in [5, 5.41) is 14.0. The van der Waals surface area contributed by atoms with Crippen LogP contribution in [-0.4, -0.2) is 36.1 Å². The Balaban J connectivity index is 1.72. The molecule has 1 amide bonds. The molecule has 8 heteroatoms. The maximum Gasteiger partial charge on any atom is 0.222 e. The Morgan fingerprint density at radius 2 is 2.21 bits per heavy atom. The number of benzene rings is 1. The summed E-state index contributed by atoms with van der Waals surface area (Å²) in [6, 6.07) is 7.72. The Morgan fingerprint density at radius 1 is 1.38 bits per heavy atom. The second kappa shape index (κ2) is 7.20. The number of nitrogens with one attached hydrogen (secondary N) is 2. The number of hydrogen-bond acceptors (Lipinski definition) is 5. The van der Waals surface area contributed by atoms with Crippen molar-refractivity contribution < 1.29 is 4.79 Å². The third-order valence-corrected chi connectivity index (χ3v) is 4.19. The number of amides is 1. The van der Waals surface area contributed by atoms with Crippen molar-refractivity contribution in [1.82, 2.24) is 35.5 Å². The lowest BCUT2D eigenvalue weighted by molar-refractivity contribution is -0.122. The predicted octanol–water partition coefficient (Wildman–Crippen LogP) is 1.84. The van der Waals surface area contributed by atoms with Crippen molar-refractivity contribution in [2.24, 2.45) is 5.92 Å². The standard InChI is InChI=1S/C16H21N7O/c1-3-11(2)15(16-18-12-6-4-5-7-13(12)19-16)20-14(24)8-9-23-10-17-21-22-23/h4-7,10-11,15H,3,8-9H2,1-2H3,(H,18,19)(H,20,24)/t11-,15+/m1/s1. The van der Waals surface area contributed by atoms with E-state index in [1.54, 1.807) is 4.68 Å². The van der Waals surface area contributed by atoms with Gasteiger partial charge in [-0.15, -0.1) is 5.10 Å². The fraction of sp³-hybridized carbons (Fsp3) is 0.438. The fourth-order valence-corrected chi connectivity index (χ4v) is 2.58. The van der Waals surface area contributed by atoms with E-state index >= 15 is 0 Å². The number of nitrogens with zero attached hydrogens (tertiary/aromatic N) is 5. The SMILES string of the molecule is CC[C@@H](C)[C@H](NC(=O)CCn1cnnn1)c1nc2ccccc2[nH]1. The largest absolute Gasteiger partial charge is 0.346 e. The smallest absolute Gasteiger partial charge is 0.222 e. The van der Waals surface area contributed by atoms with Gasteiger partial charge >= 0.3 is 0 Å². The summed E-state index contributed by atoms with van der Waals surface area (Å²) in [6.07, 6.45) is 2.76. The van der Waals surface area contributed by atoms with Gasteiger partial charge in [-0.1, -0.05) is 32.4 Å². The molecular formula is C16H21N7O. The van der Waals surface area contributed by atoms with Gasteiger partial charge in [0.1, 0.15) is 12.2 Å². The van der Waals surface area contributed by atoms with Crippen molar-refractivity contribution in [2.75, 3.05) is 0 Å². The summed E-state index contributed by atoms with van der Waals surface area (Å²) < 4.78 is 1.54. The molecule has 0 aliphatic heterocycles. The van der Waals surface area contributed by atoms with Crippen molar-refractivity contribution >= 4 is 16.9 Å². The summed E-state index contributed by atoms with van der Waals surface area (Å²) in [5.74, 6) is 1.01. The van der Waals surface area contributed by atoms with Gasteiger partial charge in [0.25, 0.3) is 0 Å². The van der Waals surface area contributed by atoms with Gasteiger partial charge in [-0.05, 0) is 28.5 Å². The first-order chi connectivity index (χ1) is 11.7. The minimum atomic E-state index is -0.149. The molecule has 0 aliphatic rings. The van der Waals surface area contributed by atoms with Gasteiger partial charge in [0.15, 0.2) is 0 Å². The number of aryl methyl sites for hydroxylation is 1. The van der Waals surface area contributed by atoms with E-state index in [0.29, 0.717) is 13.0 Å². The van der Waals surface area contributed by atoms with E-state index in [-0.39, 0.29) is 17.9 Å². The molecule has 2 N–H and O–H groups in total. The molecule has 24 heavy (non-hydrogen) atoms. The molecule has 0 bridgehead atoms. The van der Waals surface area contributed by atoms with Crippen molar-refractivity contribution in [3.63, 3.8) is 0 Å². The van der Waals surface area contributed by atoms with E-state index in [2.05, 4.69) is 44.7 Å². The highest BCUT2D eigenvalue weighted by atomic mass is 16.1. The number of H-pyrrole nitrogens is 1. The molecule has 2 heterocycles. The summed E-state index contributed by atoms with van der Waals surface area (Å²) in [6.45, 7) is 4.67. The highest BCUT2D eigenvalue weighted by Crippen LogP contribution is 2.24. The number of rotatable bonds is 7. The van der Waals surface area contributed by atoms with Gasteiger partial charge in [0.05, 0.1) is 23.6 Å². The van der Waals surface area contributed by atoms with Crippen molar-refractivity contribution in [2.45, 2.75) is 39.3 Å². The molecule has 0 unspecified atom stereocenters. The zero-order chi connectivity index (χ0) is 16.9. The minimum Gasteiger partial charge on any atom is -0.346 e.